The molecule has 0 aromatic carbocycles. The standard InChI is InChI=1S/C38H71N7O5/c1-11-12-13-14-17-42-18-20-43(21-19-42)33(46)29-23-30(27-44(26-29)36(48)50-38(7,8)9)45(25-28(2)3)34(47)31-24-40-35(37(4,5)6)41-32(31)39-16-15-22-49-10/h11-12,24,28-32,34-35,39,41,47H,13-23,25-27H2,1-10H3/b12-11-/t29-,30+,31?,32?,34?,35?/m1/s1. The summed E-state index contributed by atoms with van der Waals surface area (Å²) in [7, 11) is 1.70. The van der Waals surface area contributed by atoms with Crippen molar-refractivity contribution in [2.45, 2.75) is 118 Å². The number of ether oxygens (including phenoxy) is 2. The lowest BCUT2D eigenvalue weighted by molar-refractivity contribution is -0.142. The highest BCUT2D eigenvalue weighted by molar-refractivity contribution is 5.80. The van der Waals surface area contributed by atoms with Gasteiger partial charge in [-0.2, -0.15) is 0 Å². The second-order valence-electron chi connectivity index (χ2n) is 16.9. The number of piperazine rings is 1. The summed E-state index contributed by atoms with van der Waals surface area (Å²) in [5.41, 5.74) is -0.779. The molecule has 3 N–H and O–H groups in total. The molecule has 3 aliphatic rings. The second kappa shape index (κ2) is 19.7. The number of allylic oxidation sites excluding steroid dienone is 2. The Morgan fingerprint density at radius 3 is 2.38 bits per heavy atom. The number of carbonyl (C=O) groups excluding carboxylic acids is 2. The number of nitrogens with one attached hydrogen (secondary N) is 2. The van der Waals surface area contributed by atoms with Gasteiger partial charge < -0.3 is 29.7 Å². The number of amides is 2. The summed E-state index contributed by atoms with van der Waals surface area (Å²) < 4.78 is 11.1. The van der Waals surface area contributed by atoms with Crippen molar-refractivity contribution < 1.29 is 24.2 Å². The van der Waals surface area contributed by atoms with Gasteiger partial charge in [0.25, 0.3) is 0 Å². The maximum atomic E-state index is 14.2. The summed E-state index contributed by atoms with van der Waals surface area (Å²) in [6.45, 7) is 25.1. The van der Waals surface area contributed by atoms with Crippen LogP contribution in [0.25, 0.3) is 0 Å². The number of aliphatic hydroxyl groups excluding tert-OH is 1. The molecule has 2 fully saturated rings. The van der Waals surface area contributed by atoms with E-state index in [-0.39, 0.29) is 41.5 Å². The number of piperidine rings is 1. The predicted molar refractivity (Wildman–Crippen MR) is 201 cm³/mol. The third kappa shape index (κ3) is 13.2. The number of carbonyl (C=O) groups is 2. The Hall–Kier alpha value is -2.09. The SMILES string of the molecule is C/C=C\CCCN1CCN(C(=O)[C@@H]2C[C@H](N(CC(C)C)C(O)C3C=NC(C(C)(C)C)NC3NCCCOC)CN(C(=O)OC(C)(C)C)C2)CC1. The fraction of sp³-hybridized carbons (Fsp3) is 0.868. The topological polar surface area (TPSA) is 122 Å². The van der Waals surface area contributed by atoms with Gasteiger partial charge in [0.2, 0.25) is 5.91 Å². The first kappa shape index (κ1) is 42.3. The normalized spacial score (nSPS) is 26.3. The zero-order valence-corrected chi connectivity index (χ0v) is 33.0. The third-order valence-electron chi connectivity index (χ3n) is 9.76. The Morgan fingerprint density at radius 1 is 1.08 bits per heavy atom. The number of likely N-dealkylation sites (tertiary alicyclic amines) is 1. The van der Waals surface area contributed by atoms with E-state index in [9.17, 15) is 14.7 Å². The maximum Gasteiger partial charge on any atom is 0.410 e. The number of rotatable bonds is 15. The molecule has 12 nitrogen and oxygen atoms in total. The van der Waals surface area contributed by atoms with E-state index in [1.165, 1.54) is 0 Å². The van der Waals surface area contributed by atoms with Crippen LogP contribution in [0.3, 0.4) is 0 Å². The van der Waals surface area contributed by atoms with Gasteiger partial charge in [0.1, 0.15) is 18.0 Å². The average Bonchev–Trinajstić information content (AvgIpc) is 3.05. The first-order valence-electron chi connectivity index (χ1n) is 19.1. The number of aliphatic hydroxyl groups is 1. The Labute approximate surface area is 303 Å². The largest absolute Gasteiger partial charge is 0.444 e. The Morgan fingerprint density at radius 2 is 1.78 bits per heavy atom. The van der Waals surface area contributed by atoms with Crippen LogP contribution in [0.15, 0.2) is 17.1 Å². The molecule has 0 bridgehead atoms. The van der Waals surface area contributed by atoms with Crippen LogP contribution in [0.5, 0.6) is 0 Å². The number of unbranched alkanes of at least 4 members (excludes halogenated alkanes) is 1. The summed E-state index contributed by atoms with van der Waals surface area (Å²) in [6.07, 6.45) is 8.13. The first-order chi connectivity index (χ1) is 23.5. The minimum absolute atomic E-state index is 0.0856. The van der Waals surface area contributed by atoms with E-state index in [1.54, 1.807) is 12.0 Å². The van der Waals surface area contributed by atoms with Gasteiger partial charge in [-0.25, -0.2) is 4.79 Å². The van der Waals surface area contributed by atoms with Crippen molar-refractivity contribution >= 4 is 18.2 Å². The highest BCUT2D eigenvalue weighted by atomic mass is 16.6. The summed E-state index contributed by atoms with van der Waals surface area (Å²) in [6, 6.07) is -0.251. The Kier molecular flexibility index (Phi) is 16.6. The molecule has 0 aromatic heterocycles. The quantitative estimate of drug-likeness (QED) is 0.132. The molecule has 3 heterocycles. The molecule has 3 aliphatic heterocycles. The molecule has 0 spiro atoms. The van der Waals surface area contributed by atoms with Crippen LogP contribution < -0.4 is 10.6 Å². The van der Waals surface area contributed by atoms with Crippen LogP contribution in [-0.4, -0.2) is 146 Å². The summed E-state index contributed by atoms with van der Waals surface area (Å²) >= 11 is 0. The van der Waals surface area contributed by atoms with Gasteiger partial charge in [0, 0.05) is 71.8 Å². The van der Waals surface area contributed by atoms with Crippen LogP contribution in [0.2, 0.25) is 0 Å². The van der Waals surface area contributed by atoms with Crippen LogP contribution >= 0.6 is 0 Å². The van der Waals surface area contributed by atoms with E-state index in [4.69, 9.17) is 14.5 Å². The molecule has 3 rings (SSSR count). The molecule has 2 amide bonds. The highest BCUT2D eigenvalue weighted by Crippen LogP contribution is 2.31. The van der Waals surface area contributed by atoms with E-state index in [0.29, 0.717) is 45.8 Å². The second-order valence-corrected chi connectivity index (χ2v) is 16.9. The molecule has 4 unspecified atom stereocenters. The number of nitrogens with zero attached hydrogens (tertiary/aromatic N) is 5. The summed E-state index contributed by atoms with van der Waals surface area (Å²) in [4.78, 5) is 40.9. The van der Waals surface area contributed by atoms with Gasteiger partial charge >= 0.3 is 6.09 Å². The fourth-order valence-electron chi connectivity index (χ4n) is 7.12. The third-order valence-corrected chi connectivity index (χ3v) is 9.76. The summed E-state index contributed by atoms with van der Waals surface area (Å²) in [5, 5.41) is 19.6. The molecule has 0 aliphatic carbocycles. The van der Waals surface area contributed by atoms with Crippen LogP contribution in [0.1, 0.15) is 88.0 Å². The van der Waals surface area contributed by atoms with E-state index in [2.05, 4.69) is 74.1 Å². The van der Waals surface area contributed by atoms with Crippen molar-refractivity contribution in [1.82, 2.24) is 30.2 Å². The number of hydrogen-bond acceptors (Lipinski definition) is 10. The van der Waals surface area contributed by atoms with Crippen LogP contribution in [-0.2, 0) is 14.3 Å². The van der Waals surface area contributed by atoms with Crippen molar-refractivity contribution in [3.63, 3.8) is 0 Å². The molecular formula is C38H71N7O5. The van der Waals surface area contributed by atoms with Crippen molar-refractivity contribution in [2.75, 3.05) is 72.6 Å². The lowest BCUT2D eigenvalue weighted by Gasteiger charge is -2.48. The van der Waals surface area contributed by atoms with Gasteiger partial charge in [-0.15, -0.1) is 0 Å². The highest BCUT2D eigenvalue weighted by Gasteiger charge is 2.44. The molecule has 50 heavy (non-hydrogen) atoms. The zero-order chi connectivity index (χ0) is 37.1. The molecule has 288 valence electrons. The van der Waals surface area contributed by atoms with Crippen molar-refractivity contribution in [3.8, 4) is 0 Å². The Balaban J connectivity index is 1.86. The van der Waals surface area contributed by atoms with Crippen LogP contribution in [0, 0.1) is 23.2 Å². The van der Waals surface area contributed by atoms with Gasteiger partial charge in [0.15, 0.2) is 0 Å². The molecule has 2 saturated heterocycles. The lowest BCUT2D eigenvalue weighted by atomic mass is 9.88. The maximum absolute atomic E-state index is 14.2. The van der Waals surface area contributed by atoms with E-state index >= 15 is 0 Å². The van der Waals surface area contributed by atoms with Gasteiger partial charge in [-0.3, -0.25) is 24.9 Å². The van der Waals surface area contributed by atoms with Gasteiger partial charge in [-0.1, -0.05) is 46.8 Å². The van der Waals surface area contributed by atoms with Gasteiger partial charge in [0.05, 0.1) is 18.0 Å². The predicted octanol–water partition coefficient (Wildman–Crippen LogP) is 4.00. The monoisotopic (exact) mass is 706 g/mol. The molecule has 6 atom stereocenters. The molecule has 0 aromatic rings. The molecular weight excluding hydrogens is 634 g/mol. The average molecular weight is 706 g/mol. The number of aliphatic imine (C=N–C) groups is 1. The molecule has 0 radical (unpaired) electrons. The molecule has 0 saturated carbocycles. The minimum Gasteiger partial charge on any atom is -0.444 e. The number of hydrogen-bond donors (Lipinski definition) is 3. The van der Waals surface area contributed by atoms with Crippen molar-refractivity contribution in [1.29, 1.82) is 0 Å². The Bertz CT molecular complexity index is 1100. The number of methoxy groups -OCH3 is 1. The molecule has 12 heteroatoms. The van der Waals surface area contributed by atoms with Crippen molar-refractivity contribution in [3.05, 3.63) is 12.2 Å². The summed E-state index contributed by atoms with van der Waals surface area (Å²) in [5.74, 6) is -0.430. The fourth-order valence-corrected chi connectivity index (χ4v) is 7.12. The first-order valence-corrected chi connectivity index (χ1v) is 19.1. The zero-order valence-electron chi connectivity index (χ0n) is 33.0. The smallest absolute Gasteiger partial charge is 0.410 e. The van der Waals surface area contributed by atoms with E-state index in [0.717, 1.165) is 45.4 Å². The van der Waals surface area contributed by atoms with Crippen LogP contribution in [0.4, 0.5) is 4.79 Å². The van der Waals surface area contributed by atoms with E-state index < -0.39 is 23.8 Å². The van der Waals surface area contributed by atoms with Gasteiger partial charge in [-0.05, 0) is 77.8 Å². The lowest BCUT2D eigenvalue weighted by Crippen LogP contribution is -2.65. The van der Waals surface area contributed by atoms with E-state index in [1.807, 2.05) is 31.9 Å². The van der Waals surface area contributed by atoms with Crippen molar-refractivity contribution in [2.24, 2.45) is 28.2 Å². The minimum atomic E-state index is -0.903.